The molecule has 0 fully saturated rings. The molecule has 4 nitrogen and oxygen atoms in total. The van der Waals surface area contributed by atoms with Gasteiger partial charge in [0.15, 0.2) is 0 Å². The molecule has 0 unspecified atom stereocenters. The molecule has 0 saturated heterocycles. The number of nitrogens with one attached hydrogen (secondary N) is 2. The van der Waals surface area contributed by atoms with E-state index in [0.29, 0.717) is 12.2 Å². The molecule has 4 N–H and O–H groups in total. The normalized spacial score (nSPS) is 9.88. The minimum atomic E-state index is -0.536. The van der Waals surface area contributed by atoms with E-state index in [4.69, 9.17) is 5.73 Å². The molecule has 0 aliphatic carbocycles. The van der Waals surface area contributed by atoms with E-state index in [0.717, 1.165) is 12.8 Å². The summed E-state index contributed by atoms with van der Waals surface area (Å²) in [5.41, 5.74) is 5.77. The molecule has 0 aliphatic heterocycles. The summed E-state index contributed by atoms with van der Waals surface area (Å²) < 4.78 is 13.0. The first-order valence-corrected chi connectivity index (χ1v) is 5.23. The van der Waals surface area contributed by atoms with Gasteiger partial charge in [0.2, 0.25) is 0 Å². The van der Waals surface area contributed by atoms with Crippen LogP contribution in [0.2, 0.25) is 0 Å². The highest BCUT2D eigenvalue weighted by molar-refractivity contribution is 5.89. The van der Waals surface area contributed by atoms with E-state index in [2.05, 4.69) is 10.6 Å². The molecule has 0 aliphatic rings. The molecule has 1 aromatic carbocycles. The summed E-state index contributed by atoms with van der Waals surface area (Å²) in [5.74, 6) is -0.536. The Balaban J connectivity index is 2.46. The summed E-state index contributed by atoms with van der Waals surface area (Å²) in [6.45, 7) is 2.65. The van der Waals surface area contributed by atoms with E-state index in [-0.39, 0.29) is 11.7 Å². The number of carbonyl (C=O) groups excluding carboxylic acids is 1. The van der Waals surface area contributed by atoms with Crippen LogP contribution in [0.15, 0.2) is 18.2 Å². The van der Waals surface area contributed by atoms with Gasteiger partial charge in [-0.15, -0.1) is 0 Å². The largest absolute Gasteiger partial charge is 0.396 e. The van der Waals surface area contributed by atoms with Crippen LogP contribution in [0.25, 0.3) is 0 Å². The third-order valence-corrected chi connectivity index (χ3v) is 2.07. The second-order valence-electron chi connectivity index (χ2n) is 3.47. The van der Waals surface area contributed by atoms with Crippen molar-refractivity contribution in [1.82, 2.24) is 5.32 Å². The molecule has 1 rings (SSSR count). The summed E-state index contributed by atoms with van der Waals surface area (Å²) in [4.78, 5) is 11.3. The number of hydrogen-bond donors (Lipinski definition) is 3. The van der Waals surface area contributed by atoms with Crippen molar-refractivity contribution in [1.29, 1.82) is 0 Å². The van der Waals surface area contributed by atoms with Crippen LogP contribution in [-0.4, -0.2) is 12.6 Å². The van der Waals surface area contributed by atoms with Gasteiger partial charge in [-0.2, -0.15) is 0 Å². The molecule has 0 aromatic heterocycles. The number of unbranched alkanes of at least 4 members (excludes halogenated alkanes) is 1. The van der Waals surface area contributed by atoms with Gasteiger partial charge < -0.3 is 16.4 Å². The van der Waals surface area contributed by atoms with Gasteiger partial charge in [0.25, 0.3) is 0 Å². The van der Waals surface area contributed by atoms with Crippen molar-refractivity contribution >= 4 is 17.4 Å². The highest BCUT2D eigenvalue weighted by atomic mass is 19.1. The van der Waals surface area contributed by atoms with E-state index in [1.54, 1.807) is 6.07 Å². The quantitative estimate of drug-likeness (QED) is 0.543. The molecule has 0 bridgehead atoms. The van der Waals surface area contributed by atoms with Crippen molar-refractivity contribution in [3.05, 3.63) is 24.0 Å². The highest BCUT2D eigenvalue weighted by Crippen LogP contribution is 2.15. The molecule has 2 amide bonds. The van der Waals surface area contributed by atoms with Gasteiger partial charge in [-0.05, 0) is 24.6 Å². The van der Waals surface area contributed by atoms with Crippen LogP contribution < -0.4 is 16.4 Å². The number of benzene rings is 1. The number of nitrogen functional groups attached to an aromatic ring is 1. The lowest BCUT2D eigenvalue weighted by Gasteiger charge is -2.07. The first-order valence-electron chi connectivity index (χ1n) is 5.23. The monoisotopic (exact) mass is 225 g/mol. The van der Waals surface area contributed by atoms with Crippen molar-refractivity contribution in [2.75, 3.05) is 17.6 Å². The van der Waals surface area contributed by atoms with Crippen molar-refractivity contribution < 1.29 is 9.18 Å². The van der Waals surface area contributed by atoms with Crippen LogP contribution in [0.3, 0.4) is 0 Å². The van der Waals surface area contributed by atoms with Gasteiger partial charge in [0.1, 0.15) is 5.82 Å². The van der Waals surface area contributed by atoms with Crippen LogP contribution in [0.4, 0.5) is 20.6 Å². The zero-order valence-corrected chi connectivity index (χ0v) is 9.22. The van der Waals surface area contributed by atoms with Crippen LogP contribution in [0, 0.1) is 5.82 Å². The Morgan fingerprint density at radius 1 is 1.50 bits per heavy atom. The fraction of sp³-hybridized carbons (Fsp3) is 0.364. The number of anilines is 2. The highest BCUT2D eigenvalue weighted by Gasteiger charge is 2.03. The van der Waals surface area contributed by atoms with E-state index in [9.17, 15) is 9.18 Å². The van der Waals surface area contributed by atoms with Crippen molar-refractivity contribution in [2.24, 2.45) is 0 Å². The Bertz CT molecular complexity index is 368. The number of nitrogens with two attached hydrogens (primary N) is 1. The minimum absolute atomic E-state index is 0.0666. The lowest BCUT2D eigenvalue weighted by Crippen LogP contribution is -2.29. The predicted octanol–water partition coefficient (Wildman–Crippen LogP) is 2.33. The molecular weight excluding hydrogens is 209 g/mol. The SMILES string of the molecule is CCCCNC(=O)Nc1ccc(N)c(F)c1. The van der Waals surface area contributed by atoms with Gasteiger partial charge in [0.05, 0.1) is 5.69 Å². The lowest BCUT2D eigenvalue weighted by atomic mass is 10.3. The number of hydrogen-bond acceptors (Lipinski definition) is 2. The van der Waals surface area contributed by atoms with Gasteiger partial charge in [-0.25, -0.2) is 9.18 Å². The zero-order chi connectivity index (χ0) is 12.0. The van der Waals surface area contributed by atoms with Crippen LogP contribution in [0.5, 0.6) is 0 Å². The minimum Gasteiger partial charge on any atom is -0.396 e. The summed E-state index contributed by atoms with van der Waals surface area (Å²) in [7, 11) is 0. The summed E-state index contributed by atoms with van der Waals surface area (Å²) in [5, 5.41) is 5.19. The molecule has 0 atom stereocenters. The van der Waals surface area contributed by atoms with Crippen molar-refractivity contribution in [3.8, 4) is 0 Å². The third-order valence-electron chi connectivity index (χ3n) is 2.07. The van der Waals surface area contributed by atoms with Gasteiger partial charge >= 0.3 is 6.03 Å². The summed E-state index contributed by atoms with van der Waals surface area (Å²) >= 11 is 0. The van der Waals surface area contributed by atoms with Crippen LogP contribution in [-0.2, 0) is 0 Å². The Kier molecular flexibility index (Phi) is 4.57. The second-order valence-corrected chi connectivity index (χ2v) is 3.47. The fourth-order valence-electron chi connectivity index (χ4n) is 1.16. The molecule has 0 heterocycles. The average Bonchev–Trinajstić information content (AvgIpc) is 2.24. The second kappa shape index (κ2) is 5.95. The van der Waals surface area contributed by atoms with E-state index in [1.807, 2.05) is 6.92 Å². The topological polar surface area (TPSA) is 67.2 Å². The predicted molar refractivity (Wildman–Crippen MR) is 62.7 cm³/mol. The number of carbonyl (C=O) groups is 1. The first-order chi connectivity index (χ1) is 7.63. The molecule has 1 aromatic rings. The molecular formula is C11H16FN3O. The number of urea groups is 1. The Morgan fingerprint density at radius 3 is 2.88 bits per heavy atom. The average molecular weight is 225 g/mol. The zero-order valence-electron chi connectivity index (χ0n) is 9.22. The number of amides is 2. The number of halogens is 1. The molecule has 0 spiro atoms. The van der Waals surface area contributed by atoms with Gasteiger partial charge in [0, 0.05) is 12.2 Å². The van der Waals surface area contributed by atoms with Crippen molar-refractivity contribution in [3.63, 3.8) is 0 Å². The Hall–Kier alpha value is -1.78. The van der Waals surface area contributed by atoms with Crippen LogP contribution in [0.1, 0.15) is 19.8 Å². The maximum atomic E-state index is 13.0. The lowest BCUT2D eigenvalue weighted by molar-refractivity contribution is 0.252. The smallest absolute Gasteiger partial charge is 0.319 e. The standard InChI is InChI=1S/C11H16FN3O/c1-2-3-6-14-11(16)15-8-4-5-10(13)9(12)7-8/h4-5,7H,2-3,6,13H2,1H3,(H2,14,15,16). The first kappa shape index (κ1) is 12.3. The fourth-order valence-corrected chi connectivity index (χ4v) is 1.16. The molecule has 16 heavy (non-hydrogen) atoms. The van der Waals surface area contributed by atoms with E-state index >= 15 is 0 Å². The third kappa shape index (κ3) is 3.76. The summed E-state index contributed by atoms with van der Waals surface area (Å²) in [6, 6.07) is 3.82. The summed E-state index contributed by atoms with van der Waals surface area (Å²) in [6.07, 6.45) is 1.93. The van der Waals surface area contributed by atoms with Gasteiger partial charge in [-0.3, -0.25) is 0 Å². The molecule has 0 radical (unpaired) electrons. The molecule has 88 valence electrons. The Labute approximate surface area is 94.0 Å². The molecule has 0 saturated carbocycles. The maximum absolute atomic E-state index is 13.0. The molecule has 5 heteroatoms. The van der Waals surface area contributed by atoms with E-state index in [1.165, 1.54) is 12.1 Å². The van der Waals surface area contributed by atoms with Crippen molar-refractivity contribution in [2.45, 2.75) is 19.8 Å². The number of rotatable bonds is 4. The maximum Gasteiger partial charge on any atom is 0.319 e. The Morgan fingerprint density at radius 2 is 2.25 bits per heavy atom. The van der Waals surface area contributed by atoms with Gasteiger partial charge in [-0.1, -0.05) is 13.3 Å². The van der Waals surface area contributed by atoms with E-state index < -0.39 is 5.82 Å². The van der Waals surface area contributed by atoms with Crippen LogP contribution >= 0.6 is 0 Å².